The highest BCUT2D eigenvalue weighted by atomic mass is 16.2. The van der Waals surface area contributed by atoms with E-state index < -0.39 is 0 Å². The van der Waals surface area contributed by atoms with Crippen LogP contribution in [0, 0.1) is 5.92 Å². The van der Waals surface area contributed by atoms with Crippen LogP contribution >= 0.6 is 0 Å². The van der Waals surface area contributed by atoms with Crippen LogP contribution in [0.1, 0.15) is 26.2 Å². The number of hydrogen-bond donors (Lipinski definition) is 2. The van der Waals surface area contributed by atoms with Gasteiger partial charge in [0, 0.05) is 6.54 Å². The van der Waals surface area contributed by atoms with Crippen molar-refractivity contribution in [1.82, 2.24) is 5.32 Å². The smallest absolute Gasteiger partial charge is 0.236 e. The van der Waals surface area contributed by atoms with E-state index in [4.69, 9.17) is 5.73 Å². The molecule has 3 heteroatoms. The molecule has 1 atom stereocenters. The molecule has 3 nitrogen and oxygen atoms in total. The molecule has 3 N–H and O–H groups in total. The van der Waals surface area contributed by atoms with Crippen LogP contribution in [0.5, 0.6) is 0 Å². The van der Waals surface area contributed by atoms with Gasteiger partial charge in [-0.1, -0.05) is 12.8 Å². The van der Waals surface area contributed by atoms with Gasteiger partial charge in [-0.3, -0.25) is 4.79 Å². The molecule has 1 aliphatic carbocycles. The maximum Gasteiger partial charge on any atom is 0.236 e. The summed E-state index contributed by atoms with van der Waals surface area (Å²) >= 11 is 0. The average Bonchev–Trinajstić information content (AvgIpc) is 2.71. The lowest BCUT2D eigenvalue weighted by Crippen LogP contribution is -2.38. The van der Waals surface area contributed by atoms with Crippen LogP contribution < -0.4 is 11.1 Å². The Labute approximate surface area is 67.3 Å². The van der Waals surface area contributed by atoms with Crippen LogP contribution in [0.3, 0.4) is 0 Å². The van der Waals surface area contributed by atoms with E-state index in [1.807, 2.05) is 0 Å². The van der Waals surface area contributed by atoms with E-state index in [0.717, 1.165) is 18.9 Å². The summed E-state index contributed by atoms with van der Waals surface area (Å²) in [5.41, 5.74) is 5.36. The lowest BCUT2D eigenvalue weighted by atomic mass is 10.3. The van der Waals surface area contributed by atoms with Gasteiger partial charge < -0.3 is 11.1 Å². The normalized spacial score (nSPS) is 19.5. The second-order valence-electron chi connectivity index (χ2n) is 3.31. The Morgan fingerprint density at radius 1 is 1.73 bits per heavy atom. The van der Waals surface area contributed by atoms with Crippen LogP contribution in [0.4, 0.5) is 0 Å². The fourth-order valence-corrected chi connectivity index (χ4v) is 0.967. The van der Waals surface area contributed by atoms with Crippen molar-refractivity contribution >= 4 is 5.91 Å². The highest BCUT2D eigenvalue weighted by molar-refractivity contribution is 5.80. The van der Waals surface area contributed by atoms with E-state index in [0.29, 0.717) is 0 Å². The summed E-state index contributed by atoms with van der Waals surface area (Å²) in [6.07, 6.45) is 3.81. The topological polar surface area (TPSA) is 55.1 Å². The summed E-state index contributed by atoms with van der Waals surface area (Å²) in [5.74, 6) is 0.842. The Hall–Kier alpha value is -0.570. The standard InChI is InChI=1S/C8H16N2O/c1-6(9)8(11)10-5-4-7-2-3-7/h6-7H,2-5,9H2,1H3,(H,10,11). The maximum atomic E-state index is 10.9. The third-order valence-corrected chi connectivity index (χ3v) is 1.96. The van der Waals surface area contributed by atoms with Gasteiger partial charge in [0.1, 0.15) is 0 Å². The Morgan fingerprint density at radius 3 is 2.82 bits per heavy atom. The minimum atomic E-state index is -0.366. The molecule has 0 aromatic rings. The summed E-state index contributed by atoms with van der Waals surface area (Å²) in [7, 11) is 0. The second-order valence-corrected chi connectivity index (χ2v) is 3.31. The molecule has 0 saturated heterocycles. The molecule has 1 unspecified atom stereocenters. The van der Waals surface area contributed by atoms with Crippen molar-refractivity contribution in [2.24, 2.45) is 11.7 Å². The highest BCUT2D eigenvalue weighted by Gasteiger charge is 2.20. The third-order valence-electron chi connectivity index (χ3n) is 1.96. The van der Waals surface area contributed by atoms with Gasteiger partial charge in [-0.05, 0) is 19.3 Å². The molecule has 11 heavy (non-hydrogen) atoms. The van der Waals surface area contributed by atoms with Gasteiger partial charge in [-0.25, -0.2) is 0 Å². The van der Waals surface area contributed by atoms with Gasteiger partial charge in [-0.2, -0.15) is 0 Å². The number of carbonyl (C=O) groups is 1. The van der Waals surface area contributed by atoms with E-state index in [1.54, 1.807) is 6.92 Å². The molecule has 1 aliphatic rings. The number of rotatable bonds is 4. The zero-order chi connectivity index (χ0) is 8.27. The first-order chi connectivity index (χ1) is 5.20. The highest BCUT2D eigenvalue weighted by Crippen LogP contribution is 2.31. The van der Waals surface area contributed by atoms with Crippen LogP contribution in [0.25, 0.3) is 0 Å². The monoisotopic (exact) mass is 156 g/mol. The molecule has 0 aromatic carbocycles. The molecule has 0 bridgehead atoms. The van der Waals surface area contributed by atoms with Crippen molar-refractivity contribution < 1.29 is 4.79 Å². The Morgan fingerprint density at radius 2 is 2.36 bits per heavy atom. The van der Waals surface area contributed by atoms with Crippen LogP contribution in [-0.4, -0.2) is 18.5 Å². The predicted molar refractivity (Wildman–Crippen MR) is 44.0 cm³/mol. The summed E-state index contributed by atoms with van der Waals surface area (Å²) in [6, 6.07) is -0.366. The lowest BCUT2D eigenvalue weighted by Gasteiger charge is -2.06. The molecule has 0 spiro atoms. The lowest BCUT2D eigenvalue weighted by molar-refractivity contribution is -0.121. The molecule has 0 aliphatic heterocycles. The molecule has 0 aromatic heterocycles. The van der Waals surface area contributed by atoms with E-state index in [9.17, 15) is 4.79 Å². The van der Waals surface area contributed by atoms with Gasteiger partial charge in [0.2, 0.25) is 5.91 Å². The fourth-order valence-electron chi connectivity index (χ4n) is 0.967. The first kappa shape index (κ1) is 8.53. The molecular weight excluding hydrogens is 140 g/mol. The van der Waals surface area contributed by atoms with E-state index in [2.05, 4.69) is 5.32 Å². The summed E-state index contributed by atoms with van der Waals surface area (Å²) in [6.45, 7) is 2.50. The molecule has 0 radical (unpaired) electrons. The first-order valence-corrected chi connectivity index (χ1v) is 4.23. The van der Waals surface area contributed by atoms with Gasteiger partial charge in [-0.15, -0.1) is 0 Å². The third kappa shape index (κ3) is 3.37. The average molecular weight is 156 g/mol. The first-order valence-electron chi connectivity index (χ1n) is 4.23. The molecule has 0 heterocycles. The molecule has 1 fully saturated rings. The molecule has 1 amide bonds. The molecule has 1 rings (SSSR count). The van der Waals surface area contributed by atoms with Crippen molar-refractivity contribution in [2.75, 3.05) is 6.54 Å². The van der Waals surface area contributed by atoms with Crippen molar-refractivity contribution in [2.45, 2.75) is 32.2 Å². The van der Waals surface area contributed by atoms with E-state index in [1.165, 1.54) is 12.8 Å². The quantitative estimate of drug-likeness (QED) is 0.613. The van der Waals surface area contributed by atoms with Crippen molar-refractivity contribution in [3.63, 3.8) is 0 Å². The number of nitrogens with two attached hydrogens (primary N) is 1. The molecular formula is C8H16N2O. The predicted octanol–water partition coefficient (Wildman–Crippen LogP) is 0.250. The summed E-state index contributed by atoms with van der Waals surface area (Å²) in [5, 5.41) is 2.79. The van der Waals surface area contributed by atoms with Crippen LogP contribution in [0.2, 0.25) is 0 Å². The molecule has 64 valence electrons. The second kappa shape index (κ2) is 3.72. The Kier molecular flexibility index (Phi) is 2.88. The van der Waals surface area contributed by atoms with Crippen molar-refractivity contribution in [3.05, 3.63) is 0 Å². The van der Waals surface area contributed by atoms with E-state index >= 15 is 0 Å². The zero-order valence-corrected chi connectivity index (χ0v) is 6.97. The number of hydrogen-bond acceptors (Lipinski definition) is 2. The van der Waals surface area contributed by atoms with Crippen LogP contribution in [-0.2, 0) is 4.79 Å². The van der Waals surface area contributed by atoms with Gasteiger partial charge in [0.25, 0.3) is 0 Å². The fraction of sp³-hybridized carbons (Fsp3) is 0.875. The molecule has 1 saturated carbocycles. The number of carbonyl (C=O) groups excluding carboxylic acids is 1. The number of amides is 1. The SMILES string of the molecule is CC(N)C(=O)NCCC1CC1. The van der Waals surface area contributed by atoms with Crippen LogP contribution in [0.15, 0.2) is 0 Å². The number of nitrogens with one attached hydrogen (secondary N) is 1. The zero-order valence-electron chi connectivity index (χ0n) is 6.97. The van der Waals surface area contributed by atoms with Crippen molar-refractivity contribution in [1.29, 1.82) is 0 Å². The Balaban J connectivity index is 1.96. The maximum absolute atomic E-state index is 10.9. The van der Waals surface area contributed by atoms with Gasteiger partial charge in [0.05, 0.1) is 6.04 Å². The Bertz CT molecular complexity index is 141. The van der Waals surface area contributed by atoms with Crippen molar-refractivity contribution in [3.8, 4) is 0 Å². The minimum Gasteiger partial charge on any atom is -0.355 e. The summed E-state index contributed by atoms with van der Waals surface area (Å²) in [4.78, 5) is 10.9. The minimum absolute atomic E-state index is 0.0364. The summed E-state index contributed by atoms with van der Waals surface area (Å²) < 4.78 is 0. The largest absolute Gasteiger partial charge is 0.355 e. The van der Waals surface area contributed by atoms with Gasteiger partial charge >= 0.3 is 0 Å². The van der Waals surface area contributed by atoms with Gasteiger partial charge in [0.15, 0.2) is 0 Å². The van der Waals surface area contributed by atoms with E-state index in [-0.39, 0.29) is 11.9 Å².